The van der Waals surface area contributed by atoms with Crippen LogP contribution in [0.5, 0.6) is 0 Å². The predicted molar refractivity (Wildman–Crippen MR) is 158 cm³/mol. The second-order valence-electron chi connectivity index (χ2n) is 13.2. The number of hydrogen-bond acceptors (Lipinski definition) is 3. The van der Waals surface area contributed by atoms with Gasteiger partial charge in [0.15, 0.2) is 0 Å². The number of imidazole rings is 1. The Balaban J connectivity index is 0.00000308. The van der Waals surface area contributed by atoms with Crippen molar-refractivity contribution in [2.45, 2.75) is 103 Å². The van der Waals surface area contributed by atoms with Gasteiger partial charge in [0.1, 0.15) is 0 Å². The van der Waals surface area contributed by atoms with Gasteiger partial charge in [-0.05, 0) is 95.8 Å². The highest BCUT2D eigenvalue weighted by Crippen LogP contribution is 2.50. The van der Waals surface area contributed by atoms with Gasteiger partial charge in [-0.15, -0.1) is 0 Å². The summed E-state index contributed by atoms with van der Waals surface area (Å²) in [5.41, 5.74) is 8.45. The zero-order chi connectivity index (χ0) is 26.9. The monoisotopic (exact) mass is 512 g/mol. The second-order valence-corrected chi connectivity index (χ2v) is 13.2. The van der Waals surface area contributed by atoms with Crippen molar-refractivity contribution in [2.24, 2.45) is 11.8 Å². The molecular formula is C33H44N4O. The molecule has 0 N–H and O–H groups in total. The predicted octanol–water partition coefficient (Wildman–Crippen LogP) is 8.20. The molecule has 1 aromatic carbocycles. The van der Waals surface area contributed by atoms with Crippen molar-refractivity contribution >= 4 is 22.6 Å². The maximum Gasteiger partial charge on any atom is 0.237 e. The molecule has 0 saturated heterocycles. The van der Waals surface area contributed by atoms with Crippen LogP contribution < -0.4 is 4.90 Å². The maximum absolute atomic E-state index is 13.7. The molecule has 2 aromatic heterocycles. The van der Waals surface area contributed by atoms with Gasteiger partial charge in [-0.2, -0.15) is 0 Å². The standard InChI is InChI=1S/C33H42N4O.H2/c1-19(2)8-9-21(5)24-14-25(15-24)37-29-16-23(12-13-26(29)33(6,7)32(37)38)27-17-28-31(30(35-27)22-10-11-22)36(18-34-28)20(3)4;/h12-13,16-20,22,24-25H,5,8-11,14-15H2,1-4,6-7H3;1H. The van der Waals surface area contributed by atoms with Gasteiger partial charge in [0.05, 0.1) is 34.2 Å². The Hall–Kier alpha value is -2.95. The summed E-state index contributed by atoms with van der Waals surface area (Å²) in [6.07, 6.45) is 8.68. The Kier molecular flexibility index (Phi) is 6.04. The second kappa shape index (κ2) is 9.07. The molecule has 202 valence electrons. The number of rotatable bonds is 8. The van der Waals surface area contributed by atoms with Gasteiger partial charge in [0.2, 0.25) is 5.91 Å². The van der Waals surface area contributed by atoms with Gasteiger partial charge in [-0.25, -0.2) is 4.98 Å². The fourth-order valence-electron chi connectivity index (χ4n) is 6.39. The summed E-state index contributed by atoms with van der Waals surface area (Å²) in [5, 5.41) is 0. The number of pyridine rings is 1. The molecule has 0 spiro atoms. The van der Waals surface area contributed by atoms with E-state index in [2.05, 4.69) is 81.9 Å². The lowest BCUT2D eigenvalue weighted by molar-refractivity contribution is -0.123. The van der Waals surface area contributed by atoms with Crippen molar-refractivity contribution in [2.75, 3.05) is 4.90 Å². The number of benzene rings is 1. The van der Waals surface area contributed by atoms with Crippen LogP contribution in [0.15, 0.2) is 42.7 Å². The molecule has 1 aliphatic heterocycles. The van der Waals surface area contributed by atoms with E-state index in [1.165, 1.54) is 36.0 Å². The Bertz CT molecular complexity index is 1420. The lowest BCUT2D eigenvalue weighted by Gasteiger charge is -2.43. The Morgan fingerprint density at radius 3 is 2.55 bits per heavy atom. The topological polar surface area (TPSA) is 51.0 Å². The van der Waals surface area contributed by atoms with E-state index in [9.17, 15) is 4.79 Å². The fourth-order valence-corrected chi connectivity index (χ4v) is 6.39. The van der Waals surface area contributed by atoms with E-state index >= 15 is 0 Å². The Labute approximate surface area is 228 Å². The van der Waals surface area contributed by atoms with Gasteiger partial charge in [0, 0.05) is 30.7 Å². The first-order valence-corrected chi connectivity index (χ1v) is 14.6. The van der Waals surface area contributed by atoms with Gasteiger partial charge in [-0.1, -0.05) is 38.1 Å². The van der Waals surface area contributed by atoms with E-state index in [4.69, 9.17) is 9.97 Å². The largest absolute Gasteiger partial charge is 0.327 e. The number of anilines is 1. The summed E-state index contributed by atoms with van der Waals surface area (Å²) in [7, 11) is 0. The molecule has 3 aliphatic rings. The SMILES string of the molecule is C=C(CCC(C)C)C1CC(N2C(=O)C(C)(C)c3ccc(-c4cc5ncn(C(C)C)c5c(C5CC5)n4)cc32)C1.[HH]. The molecule has 0 unspecified atom stereocenters. The third-order valence-corrected chi connectivity index (χ3v) is 9.18. The molecule has 38 heavy (non-hydrogen) atoms. The molecule has 2 fully saturated rings. The lowest BCUT2D eigenvalue weighted by Crippen LogP contribution is -2.49. The highest BCUT2D eigenvalue weighted by molar-refractivity contribution is 6.08. The zero-order valence-electron chi connectivity index (χ0n) is 23.9. The normalized spacial score (nSPS) is 22.4. The smallest absolute Gasteiger partial charge is 0.237 e. The van der Waals surface area contributed by atoms with Crippen LogP contribution >= 0.6 is 0 Å². The molecule has 2 aliphatic carbocycles. The third kappa shape index (κ3) is 4.10. The van der Waals surface area contributed by atoms with Crippen molar-refractivity contribution in [3.05, 3.63) is 54.0 Å². The van der Waals surface area contributed by atoms with Crippen molar-refractivity contribution in [1.82, 2.24) is 14.5 Å². The van der Waals surface area contributed by atoms with Crippen LogP contribution in [-0.2, 0) is 10.2 Å². The minimum Gasteiger partial charge on any atom is -0.327 e. The van der Waals surface area contributed by atoms with E-state index in [1.807, 2.05) is 6.33 Å². The molecule has 0 bridgehead atoms. The summed E-state index contributed by atoms with van der Waals surface area (Å²) in [5.74, 6) is 1.97. The summed E-state index contributed by atoms with van der Waals surface area (Å²) in [4.78, 5) is 25.8. The lowest BCUT2D eigenvalue weighted by atomic mass is 9.73. The van der Waals surface area contributed by atoms with Crippen LogP contribution in [-0.4, -0.2) is 26.5 Å². The molecule has 1 amide bonds. The molecule has 5 heteroatoms. The molecule has 6 rings (SSSR count). The number of fused-ring (bicyclic) bond motifs is 2. The summed E-state index contributed by atoms with van der Waals surface area (Å²) in [6, 6.07) is 9.26. The molecule has 3 aromatic rings. The Morgan fingerprint density at radius 2 is 1.89 bits per heavy atom. The van der Waals surface area contributed by atoms with Crippen molar-refractivity contribution in [3.8, 4) is 11.3 Å². The molecule has 2 saturated carbocycles. The first-order chi connectivity index (χ1) is 18.1. The minimum absolute atomic E-state index is 0. The van der Waals surface area contributed by atoms with E-state index < -0.39 is 5.41 Å². The van der Waals surface area contributed by atoms with E-state index in [1.54, 1.807) is 0 Å². The minimum atomic E-state index is -0.514. The number of aromatic nitrogens is 3. The summed E-state index contributed by atoms with van der Waals surface area (Å²) in [6.45, 7) is 17.5. The van der Waals surface area contributed by atoms with Crippen LogP contribution in [0.3, 0.4) is 0 Å². The van der Waals surface area contributed by atoms with Crippen LogP contribution in [0, 0.1) is 11.8 Å². The van der Waals surface area contributed by atoms with Gasteiger partial charge in [0.25, 0.3) is 0 Å². The van der Waals surface area contributed by atoms with Crippen molar-refractivity contribution < 1.29 is 6.22 Å². The number of allylic oxidation sites excluding steroid dienone is 1. The number of nitrogens with zero attached hydrogens (tertiary/aromatic N) is 4. The van der Waals surface area contributed by atoms with Crippen LogP contribution in [0.4, 0.5) is 5.69 Å². The summed E-state index contributed by atoms with van der Waals surface area (Å²) < 4.78 is 2.26. The van der Waals surface area contributed by atoms with E-state index in [-0.39, 0.29) is 13.4 Å². The third-order valence-electron chi connectivity index (χ3n) is 9.18. The molecule has 5 nitrogen and oxygen atoms in total. The first kappa shape index (κ1) is 25.3. The maximum atomic E-state index is 13.7. The highest BCUT2D eigenvalue weighted by Gasteiger charge is 2.49. The van der Waals surface area contributed by atoms with Gasteiger partial charge in [-0.3, -0.25) is 9.78 Å². The van der Waals surface area contributed by atoms with Gasteiger partial charge >= 0.3 is 0 Å². The fraction of sp³-hybridized carbons (Fsp3) is 0.545. The van der Waals surface area contributed by atoms with Crippen molar-refractivity contribution in [1.29, 1.82) is 0 Å². The van der Waals surface area contributed by atoms with Crippen LogP contribution in [0.25, 0.3) is 22.3 Å². The zero-order valence-corrected chi connectivity index (χ0v) is 23.9. The van der Waals surface area contributed by atoms with Crippen LogP contribution in [0.2, 0.25) is 0 Å². The number of amides is 1. The Morgan fingerprint density at radius 1 is 1.16 bits per heavy atom. The van der Waals surface area contributed by atoms with E-state index in [0.29, 0.717) is 23.8 Å². The van der Waals surface area contributed by atoms with Crippen molar-refractivity contribution in [3.63, 3.8) is 0 Å². The van der Waals surface area contributed by atoms with Gasteiger partial charge < -0.3 is 9.47 Å². The quantitative estimate of drug-likeness (QED) is 0.286. The molecular weight excluding hydrogens is 468 g/mol. The highest BCUT2D eigenvalue weighted by atomic mass is 16.2. The summed E-state index contributed by atoms with van der Waals surface area (Å²) >= 11 is 0. The average molecular weight is 513 g/mol. The number of hydrogen-bond donors (Lipinski definition) is 0. The number of carbonyl (C=O) groups excluding carboxylic acids is 1. The molecule has 0 atom stereocenters. The molecule has 3 heterocycles. The molecule has 0 radical (unpaired) electrons. The number of carbonyl (C=O) groups is 1. The first-order valence-electron chi connectivity index (χ1n) is 14.6. The average Bonchev–Trinajstić information content (AvgIpc) is 3.57. The van der Waals surface area contributed by atoms with E-state index in [0.717, 1.165) is 47.3 Å². The van der Waals surface area contributed by atoms with Crippen LogP contribution in [0.1, 0.15) is 105 Å².